The van der Waals surface area contributed by atoms with Crippen molar-refractivity contribution in [2.45, 2.75) is 13.5 Å². The minimum absolute atomic E-state index is 0.216. The van der Waals surface area contributed by atoms with Crippen LogP contribution < -0.4 is 11.1 Å². The summed E-state index contributed by atoms with van der Waals surface area (Å²) in [5, 5.41) is 2.78. The van der Waals surface area contributed by atoms with Gasteiger partial charge in [0.1, 0.15) is 29.9 Å². The zero-order chi connectivity index (χ0) is 14.5. The fraction of sp³-hybridized carbons (Fsp3) is 0.231. The highest BCUT2D eigenvalue weighted by atomic mass is 19.1. The van der Waals surface area contributed by atoms with Gasteiger partial charge in [0.25, 0.3) is 0 Å². The number of nitrogens with two attached hydrogens (primary N) is 1. The number of hydrogen-bond acceptors (Lipinski definition) is 5. The van der Waals surface area contributed by atoms with E-state index in [4.69, 9.17) is 10.5 Å². The van der Waals surface area contributed by atoms with E-state index in [0.29, 0.717) is 18.2 Å². The predicted molar refractivity (Wildman–Crippen MR) is 71.4 cm³/mol. The van der Waals surface area contributed by atoms with Gasteiger partial charge in [-0.1, -0.05) is 0 Å². The predicted octanol–water partition coefficient (Wildman–Crippen LogP) is 2.62. The van der Waals surface area contributed by atoms with Crippen LogP contribution in [-0.2, 0) is 11.3 Å². The number of benzene rings is 1. The van der Waals surface area contributed by atoms with Crippen LogP contribution in [0.4, 0.5) is 26.1 Å². The number of aromatic nitrogens is 2. The van der Waals surface area contributed by atoms with Gasteiger partial charge in [0.2, 0.25) is 0 Å². The number of nitrogen functional groups attached to an aromatic ring is 1. The third kappa shape index (κ3) is 3.86. The van der Waals surface area contributed by atoms with E-state index in [0.717, 1.165) is 18.2 Å². The molecule has 2 rings (SSSR count). The molecule has 0 amide bonds. The van der Waals surface area contributed by atoms with Gasteiger partial charge in [0.15, 0.2) is 5.82 Å². The molecule has 2 aromatic rings. The monoisotopic (exact) mass is 280 g/mol. The van der Waals surface area contributed by atoms with Gasteiger partial charge >= 0.3 is 0 Å². The quantitative estimate of drug-likeness (QED) is 0.880. The Labute approximate surface area is 114 Å². The van der Waals surface area contributed by atoms with Crippen LogP contribution in [0.25, 0.3) is 0 Å². The Balaban J connectivity index is 2.21. The van der Waals surface area contributed by atoms with Crippen LogP contribution in [0.5, 0.6) is 0 Å². The van der Waals surface area contributed by atoms with Crippen molar-refractivity contribution in [3.05, 3.63) is 41.7 Å². The maximum Gasteiger partial charge on any atom is 0.158 e. The molecule has 0 saturated carbocycles. The van der Waals surface area contributed by atoms with Crippen LogP contribution in [-0.4, -0.2) is 16.6 Å². The summed E-state index contributed by atoms with van der Waals surface area (Å²) in [5.41, 5.74) is 5.89. The van der Waals surface area contributed by atoms with Gasteiger partial charge in [-0.25, -0.2) is 18.7 Å². The van der Waals surface area contributed by atoms with Crippen molar-refractivity contribution in [3.63, 3.8) is 0 Å². The highest BCUT2D eigenvalue weighted by Crippen LogP contribution is 2.19. The molecule has 0 radical (unpaired) electrons. The molecule has 106 valence electrons. The fourth-order valence-corrected chi connectivity index (χ4v) is 1.61. The number of nitrogens with zero attached hydrogens (tertiary/aromatic N) is 2. The summed E-state index contributed by atoms with van der Waals surface area (Å²) in [6.07, 6.45) is 0. The summed E-state index contributed by atoms with van der Waals surface area (Å²) in [5.74, 6) is -0.370. The Hall–Kier alpha value is -2.28. The first kappa shape index (κ1) is 14.1. The minimum Gasteiger partial charge on any atom is -0.384 e. The van der Waals surface area contributed by atoms with Gasteiger partial charge in [0.05, 0.1) is 0 Å². The van der Waals surface area contributed by atoms with E-state index in [2.05, 4.69) is 15.3 Å². The first-order chi connectivity index (χ1) is 9.56. The summed E-state index contributed by atoms with van der Waals surface area (Å²) >= 11 is 0. The van der Waals surface area contributed by atoms with Crippen LogP contribution in [0.1, 0.15) is 12.7 Å². The second-order valence-electron chi connectivity index (χ2n) is 4.01. The van der Waals surface area contributed by atoms with Crippen molar-refractivity contribution in [1.29, 1.82) is 0 Å². The van der Waals surface area contributed by atoms with E-state index in [9.17, 15) is 8.78 Å². The number of halogens is 2. The summed E-state index contributed by atoms with van der Waals surface area (Å²) in [7, 11) is 0. The van der Waals surface area contributed by atoms with Crippen molar-refractivity contribution in [1.82, 2.24) is 9.97 Å². The highest BCUT2D eigenvalue weighted by molar-refractivity contribution is 5.58. The summed E-state index contributed by atoms with van der Waals surface area (Å²) < 4.78 is 31.4. The molecule has 7 heteroatoms. The molecule has 0 aliphatic carbocycles. The molecule has 5 nitrogen and oxygen atoms in total. The van der Waals surface area contributed by atoms with E-state index < -0.39 is 11.6 Å². The lowest BCUT2D eigenvalue weighted by atomic mass is 10.3. The van der Waals surface area contributed by atoms with Crippen LogP contribution in [0, 0.1) is 11.6 Å². The zero-order valence-electron chi connectivity index (χ0n) is 10.9. The molecule has 1 heterocycles. The van der Waals surface area contributed by atoms with Crippen LogP contribution in [0.3, 0.4) is 0 Å². The zero-order valence-corrected chi connectivity index (χ0v) is 10.9. The van der Waals surface area contributed by atoms with E-state index in [1.165, 1.54) is 6.07 Å². The molecule has 0 spiro atoms. The van der Waals surface area contributed by atoms with Crippen molar-refractivity contribution < 1.29 is 13.5 Å². The van der Waals surface area contributed by atoms with E-state index >= 15 is 0 Å². The first-order valence-corrected chi connectivity index (χ1v) is 6.01. The topological polar surface area (TPSA) is 73.1 Å². The second-order valence-corrected chi connectivity index (χ2v) is 4.01. The first-order valence-electron chi connectivity index (χ1n) is 6.01. The molecule has 1 aromatic heterocycles. The Morgan fingerprint density at radius 2 is 1.85 bits per heavy atom. The molecule has 0 bridgehead atoms. The van der Waals surface area contributed by atoms with Crippen molar-refractivity contribution >= 4 is 17.3 Å². The lowest BCUT2D eigenvalue weighted by Gasteiger charge is -2.09. The molecular formula is C13H14F2N4O. The number of ether oxygens (including phenoxy) is 1. The van der Waals surface area contributed by atoms with Gasteiger partial charge in [-0.15, -0.1) is 0 Å². The van der Waals surface area contributed by atoms with Gasteiger partial charge < -0.3 is 15.8 Å². The normalized spacial score (nSPS) is 10.6. The SMILES string of the molecule is CCOCc1nc(N)cc(Nc2cc(F)cc(F)c2)n1. The molecule has 0 fully saturated rings. The number of anilines is 3. The fourth-order valence-electron chi connectivity index (χ4n) is 1.61. The lowest BCUT2D eigenvalue weighted by molar-refractivity contribution is 0.128. The highest BCUT2D eigenvalue weighted by Gasteiger charge is 2.05. The third-order valence-electron chi connectivity index (χ3n) is 2.36. The van der Waals surface area contributed by atoms with Crippen LogP contribution in [0.15, 0.2) is 24.3 Å². The average molecular weight is 280 g/mol. The number of hydrogen-bond donors (Lipinski definition) is 2. The van der Waals surface area contributed by atoms with Gasteiger partial charge in [-0.3, -0.25) is 0 Å². The largest absolute Gasteiger partial charge is 0.384 e. The van der Waals surface area contributed by atoms with Gasteiger partial charge in [0, 0.05) is 24.4 Å². The summed E-state index contributed by atoms with van der Waals surface area (Å²) in [4.78, 5) is 8.16. The number of nitrogens with one attached hydrogen (secondary N) is 1. The molecule has 3 N–H and O–H groups in total. The Morgan fingerprint density at radius 3 is 2.50 bits per heavy atom. The van der Waals surface area contributed by atoms with E-state index in [1.54, 1.807) is 0 Å². The van der Waals surface area contributed by atoms with Gasteiger partial charge in [-0.2, -0.15) is 0 Å². The Bertz CT molecular complexity index is 587. The summed E-state index contributed by atoms with van der Waals surface area (Å²) in [6, 6.07) is 4.57. The van der Waals surface area contributed by atoms with Crippen molar-refractivity contribution in [2.24, 2.45) is 0 Å². The molecule has 0 saturated heterocycles. The Kier molecular flexibility index (Phi) is 4.41. The third-order valence-corrected chi connectivity index (χ3v) is 2.36. The van der Waals surface area contributed by atoms with E-state index in [-0.39, 0.29) is 18.1 Å². The molecule has 0 aliphatic heterocycles. The van der Waals surface area contributed by atoms with Crippen LogP contribution in [0.2, 0.25) is 0 Å². The molecule has 0 aliphatic rings. The second kappa shape index (κ2) is 6.25. The van der Waals surface area contributed by atoms with Crippen LogP contribution >= 0.6 is 0 Å². The smallest absolute Gasteiger partial charge is 0.158 e. The lowest BCUT2D eigenvalue weighted by Crippen LogP contribution is -2.05. The molecule has 0 unspecified atom stereocenters. The van der Waals surface area contributed by atoms with Crippen molar-refractivity contribution in [2.75, 3.05) is 17.7 Å². The minimum atomic E-state index is -0.677. The van der Waals surface area contributed by atoms with Crippen molar-refractivity contribution in [3.8, 4) is 0 Å². The molecule has 1 aromatic carbocycles. The molecule has 20 heavy (non-hydrogen) atoms. The Morgan fingerprint density at radius 1 is 1.15 bits per heavy atom. The maximum absolute atomic E-state index is 13.1. The standard InChI is InChI=1S/C13H14F2N4O/c1-2-20-7-13-18-11(16)6-12(19-13)17-10-4-8(14)3-9(15)5-10/h3-6H,2,7H2,1H3,(H3,16,17,18,19). The van der Waals surface area contributed by atoms with Gasteiger partial charge in [-0.05, 0) is 19.1 Å². The number of rotatable bonds is 5. The molecule has 0 atom stereocenters. The molecular weight excluding hydrogens is 266 g/mol. The van der Waals surface area contributed by atoms with E-state index in [1.807, 2.05) is 6.92 Å². The average Bonchev–Trinajstić information content (AvgIpc) is 2.34. The maximum atomic E-state index is 13.1. The summed E-state index contributed by atoms with van der Waals surface area (Å²) in [6.45, 7) is 2.59.